The van der Waals surface area contributed by atoms with Crippen molar-refractivity contribution in [1.82, 2.24) is 14.5 Å². The maximum absolute atomic E-state index is 14.5. The smallest absolute Gasteiger partial charge is 0.256 e. The number of rotatable bonds is 5. The quantitative estimate of drug-likeness (QED) is 0.811. The van der Waals surface area contributed by atoms with Gasteiger partial charge in [0.2, 0.25) is 10.0 Å². The normalized spacial score (nSPS) is 21.0. The van der Waals surface area contributed by atoms with Gasteiger partial charge in [-0.1, -0.05) is 0 Å². The lowest BCUT2D eigenvalue weighted by Crippen LogP contribution is -2.40. The Hall–Kier alpha value is -1.22. The average Bonchev–Trinajstić information content (AvgIpc) is 3.26. The summed E-state index contributed by atoms with van der Waals surface area (Å²) in [6, 6.07) is 3.50. The van der Waals surface area contributed by atoms with Gasteiger partial charge in [0.05, 0.1) is 10.5 Å². The van der Waals surface area contributed by atoms with E-state index in [-0.39, 0.29) is 34.8 Å². The van der Waals surface area contributed by atoms with Crippen LogP contribution in [0.25, 0.3) is 0 Å². The third kappa shape index (κ3) is 4.03. The zero-order chi connectivity index (χ0) is 18.0. The van der Waals surface area contributed by atoms with E-state index in [0.29, 0.717) is 26.2 Å². The van der Waals surface area contributed by atoms with Crippen LogP contribution < -0.4 is 5.32 Å². The summed E-state index contributed by atoms with van der Waals surface area (Å²) in [5.74, 6) is -1.14. The zero-order valence-corrected chi connectivity index (χ0v) is 16.4. The Morgan fingerprint density at radius 1 is 1.23 bits per heavy atom. The third-order valence-electron chi connectivity index (χ3n) is 4.93. The zero-order valence-electron chi connectivity index (χ0n) is 14.8. The highest BCUT2D eigenvalue weighted by molar-refractivity contribution is 7.89. The fraction of sp³-hybridized carbons (Fsp3) is 0.588. The number of carbonyl (C=O) groups is 1. The van der Waals surface area contributed by atoms with E-state index in [2.05, 4.69) is 5.32 Å². The van der Waals surface area contributed by atoms with Gasteiger partial charge < -0.3 is 10.2 Å². The molecule has 2 aliphatic heterocycles. The first-order chi connectivity index (χ1) is 11.9. The summed E-state index contributed by atoms with van der Waals surface area (Å²) in [5.41, 5.74) is -0.0611. The largest absolute Gasteiger partial charge is 0.339 e. The highest BCUT2D eigenvalue weighted by Gasteiger charge is 2.35. The molecule has 2 fully saturated rings. The molecular weight excluding hydrogens is 381 g/mol. The molecular formula is C17H25ClFN3O3S. The molecule has 2 saturated heterocycles. The Bertz CT molecular complexity index is 754. The van der Waals surface area contributed by atoms with E-state index in [9.17, 15) is 17.6 Å². The summed E-state index contributed by atoms with van der Waals surface area (Å²) >= 11 is 0. The number of hydrogen-bond acceptors (Lipinski definition) is 4. The van der Waals surface area contributed by atoms with Crippen molar-refractivity contribution in [2.75, 3.05) is 33.2 Å². The Kier molecular flexibility index (Phi) is 7.01. The van der Waals surface area contributed by atoms with Crippen molar-refractivity contribution in [2.45, 2.75) is 36.6 Å². The van der Waals surface area contributed by atoms with Crippen LogP contribution in [0.4, 0.5) is 4.39 Å². The average molecular weight is 406 g/mol. The molecule has 6 nitrogen and oxygen atoms in total. The fourth-order valence-electron chi connectivity index (χ4n) is 3.62. The molecule has 1 N–H and O–H groups in total. The van der Waals surface area contributed by atoms with Gasteiger partial charge in [0.15, 0.2) is 0 Å². The van der Waals surface area contributed by atoms with Gasteiger partial charge in [0.25, 0.3) is 5.91 Å². The van der Waals surface area contributed by atoms with Crippen molar-refractivity contribution in [1.29, 1.82) is 0 Å². The maximum atomic E-state index is 14.5. The van der Waals surface area contributed by atoms with Crippen molar-refractivity contribution in [3.63, 3.8) is 0 Å². The Morgan fingerprint density at radius 2 is 1.92 bits per heavy atom. The monoisotopic (exact) mass is 405 g/mol. The minimum atomic E-state index is -3.77. The molecule has 0 bridgehead atoms. The van der Waals surface area contributed by atoms with E-state index in [1.807, 2.05) is 0 Å². The van der Waals surface area contributed by atoms with Crippen molar-refractivity contribution in [3.8, 4) is 0 Å². The van der Waals surface area contributed by atoms with Gasteiger partial charge in [0, 0.05) is 32.2 Å². The van der Waals surface area contributed by atoms with Gasteiger partial charge in [-0.05, 0) is 50.9 Å². The molecule has 9 heteroatoms. The highest BCUT2D eigenvalue weighted by Crippen LogP contribution is 2.27. The summed E-state index contributed by atoms with van der Waals surface area (Å²) in [6.07, 6.45) is 3.41. The molecule has 3 rings (SSSR count). The van der Waals surface area contributed by atoms with Crippen LogP contribution in [0.1, 0.15) is 36.0 Å². The SMILES string of the molecule is CNCC1CCCN1S(=O)(=O)c1ccc(C(=O)N2CCCC2)c(F)c1.Cl. The van der Waals surface area contributed by atoms with E-state index in [0.717, 1.165) is 31.7 Å². The molecule has 1 unspecified atom stereocenters. The number of nitrogens with zero attached hydrogens (tertiary/aromatic N) is 2. The summed E-state index contributed by atoms with van der Waals surface area (Å²) in [7, 11) is -1.99. The maximum Gasteiger partial charge on any atom is 0.256 e. The minimum absolute atomic E-state index is 0. The molecule has 0 aliphatic carbocycles. The number of sulfonamides is 1. The third-order valence-corrected chi connectivity index (χ3v) is 6.88. The van der Waals surface area contributed by atoms with E-state index < -0.39 is 15.8 Å². The summed E-state index contributed by atoms with van der Waals surface area (Å²) in [6.45, 7) is 2.24. The number of likely N-dealkylation sites (N-methyl/N-ethyl adjacent to an activating group) is 1. The van der Waals surface area contributed by atoms with Crippen LogP contribution in [0, 0.1) is 5.82 Å². The van der Waals surface area contributed by atoms with Crippen molar-refractivity contribution < 1.29 is 17.6 Å². The fourth-order valence-corrected chi connectivity index (χ4v) is 5.33. The van der Waals surface area contributed by atoms with Gasteiger partial charge in [-0.2, -0.15) is 4.31 Å². The van der Waals surface area contributed by atoms with Gasteiger partial charge in [0.1, 0.15) is 5.82 Å². The molecule has 2 heterocycles. The number of nitrogens with one attached hydrogen (secondary N) is 1. The molecule has 26 heavy (non-hydrogen) atoms. The standard InChI is InChI=1S/C17H24FN3O3S.ClH/c1-19-12-13-5-4-10-21(13)25(23,24)14-6-7-15(16(18)11-14)17(22)20-8-2-3-9-20;/h6-7,11,13,19H,2-5,8-10,12H2,1H3;1H. The van der Waals surface area contributed by atoms with Crippen LogP contribution in [0.15, 0.2) is 23.1 Å². The van der Waals surface area contributed by atoms with Crippen LogP contribution in [0.2, 0.25) is 0 Å². The van der Waals surface area contributed by atoms with Crippen LogP contribution in [0.3, 0.4) is 0 Å². The summed E-state index contributed by atoms with van der Waals surface area (Å²) < 4.78 is 41.6. The molecule has 0 aromatic heterocycles. The van der Waals surface area contributed by atoms with Gasteiger partial charge >= 0.3 is 0 Å². The van der Waals surface area contributed by atoms with Gasteiger partial charge in [-0.25, -0.2) is 12.8 Å². The molecule has 1 atom stereocenters. The molecule has 1 aromatic rings. The first kappa shape index (κ1) is 21.1. The molecule has 2 aliphatic rings. The Balaban J connectivity index is 0.00000243. The van der Waals surface area contributed by atoms with Gasteiger partial charge in [-0.3, -0.25) is 4.79 Å². The van der Waals surface area contributed by atoms with E-state index in [1.54, 1.807) is 11.9 Å². The van der Waals surface area contributed by atoms with E-state index in [1.165, 1.54) is 16.4 Å². The molecule has 1 aromatic carbocycles. The predicted molar refractivity (Wildman–Crippen MR) is 99.6 cm³/mol. The van der Waals surface area contributed by atoms with Crippen LogP contribution in [-0.2, 0) is 10.0 Å². The molecule has 0 saturated carbocycles. The van der Waals surface area contributed by atoms with Crippen molar-refractivity contribution in [3.05, 3.63) is 29.6 Å². The molecule has 0 spiro atoms. The highest BCUT2D eigenvalue weighted by atomic mass is 35.5. The summed E-state index contributed by atoms with van der Waals surface area (Å²) in [5, 5.41) is 3.00. The Labute approximate surface area is 160 Å². The lowest BCUT2D eigenvalue weighted by molar-refractivity contribution is 0.0788. The van der Waals surface area contributed by atoms with Crippen molar-refractivity contribution >= 4 is 28.3 Å². The first-order valence-corrected chi connectivity index (χ1v) is 10.1. The van der Waals surface area contributed by atoms with E-state index in [4.69, 9.17) is 0 Å². The second kappa shape index (κ2) is 8.65. The van der Waals surface area contributed by atoms with Gasteiger partial charge in [-0.15, -0.1) is 12.4 Å². The van der Waals surface area contributed by atoms with Crippen LogP contribution in [0.5, 0.6) is 0 Å². The molecule has 0 radical (unpaired) electrons. The number of halogens is 2. The second-order valence-corrected chi connectivity index (χ2v) is 8.50. The topological polar surface area (TPSA) is 69.7 Å². The predicted octanol–water partition coefficient (Wildman–Crippen LogP) is 1.86. The lowest BCUT2D eigenvalue weighted by Gasteiger charge is -2.24. The van der Waals surface area contributed by atoms with E-state index >= 15 is 0 Å². The van der Waals surface area contributed by atoms with Crippen LogP contribution >= 0.6 is 12.4 Å². The number of hydrogen-bond donors (Lipinski definition) is 1. The number of carbonyl (C=O) groups excluding carboxylic acids is 1. The molecule has 146 valence electrons. The Morgan fingerprint density at radius 3 is 2.54 bits per heavy atom. The lowest BCUT2D eigenvalue weighted by atomic mass is 10.2. The number of likely N-dealkylation sites (tertiary alicyclic amines) is 1. The van der Waals surface area contributed by atoms with Crippen molar-refractivity contribution in [2.24, 2.45) is 0 Å². The second-order valence-electron chi connectivity index (χ2n) is 6.61. The summed E-state index contributed by atoms with van der Waals surface area (Å²) in [4.78, 5) is 13.9. The first-order valence-electron chi connectivity index (χ1n) is 8.70. The molecule has 1 amide bonds. The number of benzene rings is 1. The minimum Gasteiger partial charge on any atom is -0.339 e. The van der Waals surface area contributed by atoms with Crippen LogP contribution in [-0.4, -0.2) is 62.8 Å². The number of amides is 1.